The molecule has 18 heavy (non-hydrogen) atoms. The van der Waals surface area contributed by atoms with Crippen molar-refractivity contribution < 1.29 is 4.74 Å². The summed E-state index contributed by atoms with van der Waals surface area (Å²) in [5.41, 5.74) is 7.19. The Balaban J connectivity index is 2.95. The van der Waals surface area contributed by atoms with E-state index in [1.165, 1.54) is 0 Å². The minimum absolute atomic E-state index is 0.0523. The minimum Gasteiger partial charge on any atom is -0.384 e. The Morgan fingerprint density at radius 2 is 2.17 bits per heavy atom. The van der Waals surface area contributed by atoms with E-state index in [-0.39, 0.29) is 5.84 Å². The van der Waals surface area contributed by atoms with Crippen LogP contribution in [0, 0.1) is 5.41 Å². The zero-order valence-electron chi connectivity index (χ0n) is 10.9. The van der Waals surface area contributed by atoms with Crippen molar-refractivity contribution >= 4 is 23.1 Å². The fraction of sp³-hybridized carbons (Fsp3) is 0.462. The number of hydrogen-bond donors (Lipinski definition) is 2. The van der Waals surface area contributed by atoms with E-state index in [2.05, 4.69) is 11.8 Å². The van der Waals surface area contributed by atoms with Gasteiger partial charge in [-0.05, 0) is 32.0 Å². The highest BCUT2D eigenvalue weighted by atomic mass is 35.5. The zero-order chi connectivity index (χ0) is 13.5. The third-order valence-electron chi connectivity index (χ3n) is 2.68. The predicted octanol–water partition coefficient (Wildman–Crippen LogP) is 2.49. The molecule has 0 aromatic heterocycles. The Kier molecular flexibility index (Phi) is 5.95. The number of rotatable bonds is 7. The number of amidine groups is 1. The van der Waals surface area contributed by atoms with E-state index in [9.17, 15) is 0 Å². The molecule has 0 aliphatic carbocycles. The highest BCUT2D eigenvalue weighted by molar-refractivity contribution is 6.31. The lowest BCUT2D eigenvalue weighted by atomic mass is 10.1. The van der Waals surface area contributed by atoms with E-state index >= 15 is 0 Å². The maximum atomic E-state index is 7.61. The quantitative estimate of drug-likeness (QED) is 0.454. The van der Waals surface area contributed by atoms with Crippen molar-refractivity contribution in [3.63, 3.8) is 0 Å². The fourth-order valence-corrected chi connectivity index (χ4v) is 1.93. The van der Waals surface area contributed by atoms with Crippen LogP contribution >= 0.6 is 11.6 Å². The molecule has 0 bridgehead atoms. The molecule has 4 nitrogen and oxygen atoms in total. The molecule has 0 spiro atoms. The monoisotopic (exact) mass is 269 g/mol. The number of halogens is 1. The van der Waals surface area contributed by atoms with Crippen LogP contribution in [0.1, 0.15) is 19.4 Å². The molecule has 0 saturated carbocycles. The van der Waals surface area contributed by atoms with Crippen LogP contribution in [0.3, 0.4) is 0 Å². The van der Waals surface area contributed by atoms with Crippen LogP contribution in [0.25, 0.3) is 0 Å². The van der Waals surface area contributed by atoms with Crippen LogP contribution in [0.4, 0.5) is 5.69 Å². The van der Waals surface area contributed by atoms with Crippen molar-refractivity contribution in [2.75, 3.05) is 31.2 Å². The molecule has 0 heterocycles. The zero-order valence-corrected chi connectivity index (χ0v) is 11.6. The van der Waals surface area contributed by atoms with Crippen molar-refractivity contribution in [2.45, 2.75) is 13.8 Å². The Hall–Kier alpha value is -1.26. The standard InChI is InChI=1S/C13H20ClN3O/c1-3-17(7-8-18-4-2)12-9-10(14)5-6-11(12)13(15)16/h5-6,9H,3-4,7-8H2,1-2H3,(H3,15,16). The van der Waals surface area contributed by atoms with Gasteiger partial charge >= 0.3 is 0 Å². The Labute approximate surface area is 113 Å². The van der Waals surface area contributed by atoms with Crippen LogP contribution < -0.4 is 10.6 Å². The molecule has 0 atom stereocenters. The number of hydrogen-bond acceptors (Lipinski definition) is 3. The van der Waals surface area contributed by atoms with Crippen LogP contribution in [0.15, 0.2) is 18.2 Å². The van der Waals surface area contributed by atoms with Gasteiger partial charge in [-0.3, -0.25) is 5.41 Å². The van der Waals surface area contributed by atoms with Gasteiger partial charge in [-0.25, -0.2) is 0 Å². The second-order valence-electron chi connectivity index (χ2n) is 3.85. The summed E-state index contributed by atoms with van der Waals surface area (Å²) in [6.45, 7) is 6.94. The molecule has 0 fully saturated rings. The highest BCUT2D eigenvalue weighted by Gasteiger charge is 2.12. The van der Waals surface area contributed by atoms with Crippen molar-refractivity contribution in [3.05, 3.63) is 28.8 Å². The second kappa shape index (κ2) is 7.24. The van der Waals surface area contributed by atoms with E-state index in [1.54, 1.807) is 12.1 Å². The molecule has 0 aliphatic heterocycles. The third kappa shape index (κ3) is 3.89. The highest BCUT2D eigenvalue weighted by Crippen LogP contribution is 2.24. The van der Waals surface area contributed by atoms with Crippen LogP contribution in [0.2, 0.25) is 5.02 Å². The third-order valence-corrected chi connectivity index (χ3v) is 2.92. The first-order chi connectivity index (χ1) is 8.60. The summed E-state index contributed by atoms with van der Waals surface area (Å²) >= 11 is 6.01. The summed E-state index contributed by atoms with van der Waals surface area (Å²) in [6.07, 6.45) is 0. The van der Waals surface area contributed by atoms with Crippen LogP contribution in [-0.2, 0) is 4.74 Å². The molecule has 5 heteroatoms. The largest absolute Gasteiger partial charge is 0.384 e. The van der Waals surface area contributed by atoms with Crippen LogP contribution in [0.5, 0.6) is 0 Å². The maximum absolute atomic E-state index is 7.61. The lowest BCUT2D eigenvalue weighted by Gasteiger charge is -2.25. The number of anilines is 1. The lowest BCUT2D eigenvalue weighted by molar-refractivity contribution is 0.154. The molecule has 1 aromatic carbocycles. The predicted molar refractivity (Wildman–Crippen MR) is 76.8 cm³/mol. The van der Waals surface area contributed by atoms with Gasteiger partial charge in [-0.15, -0.1) is 0 Å². The van der Waals surface area contributed by atoms with Gasteiger partial charge in [0.2, 0.25) is 0 Å². The summed E-state index contributed by atoms with van der Waals surface area (Å²) in [7, 11) is 0. The van der Waals surface area contributed by atoms with Crippen molar-refractivity contribution in [2.24, 2.45) is 5.73 Å². The van der Waals surface area contributed by atoms with E-state index in [4.69, 9.17) is 27.5 Å². The van der Waals surface area contributed by atoms with Gasteiger partial charge in [0.15, 0.2) is 0 Å². The number of benzene rings is 1. The van der Waals surface area contributed by atoms with Crippen LogP contribution in [-0.4, -0.2) is 32.1 Å². The van der Waals surface area contributed by atoms with Gasteiger partial charge in [-0.1, -0.05) is 11.6 Å². The molecule has 0 amide bonds. The lowest BCUT2D eigenvalue weighted by Crippen LogP contribution is -2.29. The van der Waals surface area contributed by atoms with Crippen molar-refractivity contribution in [1.82, 2.24) is 0 Å². The second-order valence-corrected chi connectivity index (χ2v) is 4.29. The summed E-state index contributed by atoms with van der Waals surface area (Å²) < 4.78 is 5.36. The fourth-order valence-electron chi connectivity index (χ4n) is 1.76. The molecule has 0 saturated heterocycles. The maximum Gasteiger partial charge on any atom is 0.124 e. The molecule has 0 aliphatic rings. The molecule has 0 radical (unpaired) electrons. The topological polar surface area (TPSA) is 62.3 Å². The summed E-state index contributed by atoms with van der Waals surface area (Å²) in [4.78, 5) is 2.11. The van der Waals surface area contributed by atoms with Gasteiger partial charge in [0.05, 0.1) is 6.61 Å². The number of nitrogens with zero attached hydrogens (tertiary/aromatic N) is 1. The van der Waals surface area contributed by atoms with Gasteiger partial charge in [-0.2, -0.15) is 0 Å². The molecule has 100 valence electrons. The average molecular weight is 270 g/mol. The summed E-state index contributed by atoms with van der Waals surface area (Å²) in [5, 5.41) is 8.25. The molecular formula is C13H20ClN3O. The number of nitrogen functional groups attached to an aromatic ring is 1. The number of nitrogens with one attached hydrogen (secondary N) is 1. The number of ether oxygens (including phenoxy) is 1. The summed E-state index contributed by atoms with van der Waals surface area (Å²) in [5.74, 6) is 0.0523. The Bertz CT molecular complexity index is 409. The minimum atomic E-state index is 0.0523. The van der Waals surface area contributed by atoms with Gasteiger partial charge in [0.1, 0.15) is 5.84 Å². The van der Waals surface area contributed by atoms with Crippen molar-refractivity contribution in [3.8, 4) is 0 Å². The first-order valence-corrected chi connectivity index (χ1v) is 6.44. The SMILES string of the molecule is CCOCCN(CC)c1cc(Cl)ccc1C(=N)N. The average Bonchev–Trinajstić information content (AvgIpc) is 2.34. The molecule has 3 N–H and O–H groups in total. The molecule has 0 unspecified atom stereocenters. The van der Waals surface area contributed by atoms with E-state index in [1.807, 2.05) is 13.0 Å². The van der Waals surface area contributed by atoms with E-state index in [0.717, 1.165) is 18.8 Å². The van der Waals surface area contributed by atoms with E-state index in [0.29, 0.717) is 23.8 Å². The molecule has 1 aromatic rings. The van der Waals surface area contributed by atoms with Gasteiger partial charge in [0, 0.05) is 36.0 Å². The normalized spacial score (nSPS) is 10.4. The van der Waals surface area contributed by atoms with E-state index < -0.39 is 0 Å². The van der Waals surface area contributed by atoms with Gasteiger partial charge < -0.3 is 15.4 Å². The Morgan fingerprint density at radius 3 is 2.72 bits per heavy atom. The molecular weight excluding hydrogens is 250 g/mol. The van der Waals surface area contributed by atoms with Gasteiger partial charge in [0.25, 0.3) is 0 Å². The van der Waals surface area contributed by atoms with Crippen molar-refractivity contribution in [1.29, 1.82) is 5.41 Å². The number of nitrogens with two attached hydrogens (primary N) is 1. The first kappa shape index (κ1) is 14.8. The first-order valence-electron chi connectivity index (χ1n) is 6.06. The smallest absolute Gasteiger partial charge is 0.124 e. The molecule has 1 rings (SSSR count). The Morgan fingerprint density at radius 1 is 1.44 bits per heavy atom. The number of likely N-dealkylation sites (N-methyl/N-ethyl adjacent to an activating group) is 1. The summed E-state index contributed by atoms with van der Waals surface area (Å²) in [6, 6.07) is 5.37.